The summed E-state index contributed by atoms with van der Waals surface area (Å²) in [6.45, 7) is 6.10. The van der Waals surface area contributed by atoms with Crippen molar-refractivity contribution in [3.63, 3.8) is 0 Å². The van der Waals surface area contributed by atoms with Gasteiger partial charge in [0, 0.05) is 11.6 Å². The molecule has 0 aliphatic carbocycles. The zero-order valence-electron chi connectivity index (χ0n) is 8.63. The van der Waals surface area contributed by atoms with Crippen LogP contribution in [0.15, 0.2) is 16.8 Å². The van der Waals surface area contributed by atoms with E-state index in [1.54, 1.807) is 12.3 Å². The molecule has 0 bridgehead atoms. The number of nitrogens with one attached hydrogen (secondary N) is 2. The van der Waals surface area contributed by atoms with Gasteiger partial charge in [0.15, 0.2) is 5.76 Å². The van der Waals surface area contributed by atoms with Crippen LogP contribution >= 0.6 is 0 Å². The standard InChI is InChI=1S/C9H15N3O2/c1-9(2,3)12-8(13)10-6-7-4-5-11-14-7/h4-5H,6H2,1-3H3,(H2,10,12,13). The molecule has 5 nitrogen and oxygen atoms in total. The van der Waals surface area contributed by atoms with Gasteiger partial charge >= 0.3 is 6.03 Å². The van der Waals surface area contributed by atoms with Crippen molar-refractivity contribution in [2.45, 2.75) is 32.9 Å². The van der Waals surface area contributed by atoms with Gasteiger partial charge in [0.2, 0.25) is 0 Å². The molecule has 0 aromatic carbocycles. The average Bonchev–Trinajstić information content (AvgIpc) is 2.49. The van der Waals surface area contributed by atoms with Gasteiger partial charge in [-0.2, -0.15) is 0 Å². The largest absolute Gasteiger partial charge is 0.360 e. The van der Waals surface area contributed by atoms with Gasteiger partial charge in [0.05, 0.1) is 12.7 Å². The van der Waals surface area contributed by atoms with Crippen LogP contribution in [-0.4, -0.2) is 16.7 Å². The van der Waals surface area contributed by atoms with Crippen LogP contribution in [0, 0.1) is 0 Å². The van der Waals surface area contributed by atoms with Crippen molar-refractivity contribution in [1.82, 2.24) is 15.8 Å². The van der Waals surface area contributed by atoms with E-state index in [0.717, 1.165) is 0 Å². The van der Waals surface area contributed by atoms with Crippen LogP contribution in [0.3, 0.4) is 0 Å². The molecule has 0 saturated heterocycles. The molecule has 0 radical (unpaired) electrons. The second-order valence-corrected chi connectivity index (χ2v) is 4.04. The van der Waals surface area contributed by atoms with E-state index in [9.17, 15) is 4.79 Å². The molecular formula is C9H15N3O2. The maximum atomic E-state index is 11.3. The van der Waals surface area contributed by atoms with Crippen LogP contribution in [0.1, 0.15) is 26.5 Å². The maximum absolute atomic E-state index is 11.3. The Labute approximate surface area is 82.8 Å². The van der Waals surface area contributed by atoms with Crippen molar-refractivity contribution in [3.05, 3.63) is 18.0 Å². The van der Waals surface area contributed by atoms with Gasteiger partial charge in [-0.1, -0.05) is 5.16 Å². The third kappa shape index (κ3) is 3.93. The molecule has 0 atom stereocenters. The Bertz CT molecular complexity index is 288. The minimum Gasteiger partial charge on any atom is -0.360 e. The minimum absolute atomic E-state index is 0.214. The smallest absolute Gasteiger partial charge is 0.315 e. The molecule has 1 rings (SSSR count). The zero-order valence-corrected chi connectivity index (χ0v) is 8.63. The normalized spacial score (nSPS) is 11.1. The highest BCUT2D eigenvalue weighted by Gasteiger charge is 2.13. The van der Waals surface area contributed by atoms with Crippen molar-refractivity contribution in [1.29, 1.82) is 0 Å². The molecule has 5 heteroatoms. The van der Waals surface area contributed by atoms with Gasteiger partial charge in [-0.25, -0.2) is 4.79 Å². The molecule has 1 heterocycles. The quantitative estimate of drug-likeness (QED) is 0.750. The van der Waals surface area contributed by atoms with Crippen molar-refractivity contribution in [3.8, 4) is 0 Å². The molecule has 0 fully saturated rings. The molecule has 1 aromatic heterocycles. The summed E-state index contributed by atoms with van der Waals surface area (Å²) in [5, 5.41) is 8.96. The fourth-order valence-electron chi connectivity index (χ4n) is 0.885. The summed E-state index contributed by atoms with van der Waals surface area (Å²) in [6, 6.07) is 1.49. The molecule has 1 aromatic rings. The second-order valence-electron chi connectivity index (χ2n) is 4.04. The first-order chi connectivity index (χ1) is 6.47. The van der Waals surface area contributed by atoms with E-state index < -0.39 is 0 Å². The lowest BCUT2D eigenvalue weighted by Gasteiger charge is -2.20. The van der Waals surface area contributed by atoms with Crippen LogP contribution in [-0.2, 0) is 6.54 Å². The van der Waals surface area contributed by atoms with Gasteiger partial charge in [0.25, 0.3) is 0 Å². The fourth-order valence-corrected chi connectivity index (χ4v) is 0.885. The molecule has 78 valence electrons. The first-order valence-electron chi connectivity index (χ1n) is 4.43. The number of amides is 2. The Hall–Kier alpha value is -1.52. The number of rotatable bonds is 2. The van der Waals surface area contributed by atoms with Gasteiger partial charge in [-0.05, 0) is 20.8 Å². The number of hydrogen-bond donors (Lipinski definition) is 2. The summed E-state index contributed by atoms with van der Waals surface area (Å²) in [6.07, 6.45) is 1.54. The lowest BCUT2D eigenvalue weighted by molar-refractivity contribution is 0.230. The van der Waals surface area contributed by atoms with E-state index in [-0.39, 0.29) is 11.6 Å². The lowest BCUT2D eigenvalue weighted by atomic mass is 10.1. The number of aromatic nitrogens is 1. The number of carbonyl (C=O) groups excluding carboxylic acids is 1. The van der Waals surface area contributed by atoms with Crippen molar-refractivity contribution < 1.29 is 9.32 Å². The van der Waals surface area contributed by atoms with Crippen molar-refractivity contribution in [2.24, 2.45) is 0 Å². The van der Waals surface area contributed by atoms with Gasteiger partial charge in [-0.3, -0.25) is 0 Å². The molecule has 2 amide bonds. The summed E-state index contributed by atoms with van der Waals surface area (Å²) < 4.78 is 4.82. The Balaban J connectivity index is 2.29. The summed E-state index contributed by atoms with van der Waals surface area (Å²) >= 11 is 0. The summed E-state index contributed by atoms with van der Waals surface area (Å²) in [7, 11) is 0. The predicted molar refractivity (Wildman–Crippen MR) is 51.6 cm³/mol. The topological polar surface area (TPSA) is 67.2 Å². The van der Waals surface area contributed by atoms with E-state index >= 15 is 0 Å². The third-order valence-electron chi connectivity index (χ3n) is 1.40. The molecule has 0 aliphatic heterocycles. The van der Waals surface area contributed by atoms with E-state index in [2.05, 4.69) is 15.8 Å². The van der Waals surface area contributed by atoms with E-state index in [1.165, 1.54) is 0 Å². The number of urea groups is 1. The number of carbonyl (C=O) groups is 1. The molecule has 14 heavy (non-hydrogen) atoms. The number of hydrogen-bond acceptors (Lipinski definition) is 3. The Morgan fingerprint density at radius 1 is 1.57 bits per heavy atom. The first-order valence-corrected chi connectivity index (χ1v) is 4.43. The highest BCUT2D eigenvalue weighted by molar-refractivity contribution is 5.74. The van der Waals surface area contributed by atoms with Crippen LogP contribution in [0.4, 0.5) is 4.79 Å². The number of nitrogens with zero attached hydrogens (tertiary/aromatic N) is 1. The fraction of sp³-hybridized carbons (Fsp3) is 0.556. The second kappa shape index (κ2) is 4.13. The van der Waals surface area contributed by atoms with Gasteiger partial charge < -0.3 is 15.2 Å². The minimum atomic E-state index is -0.231. The van der Waals surface area contributed by atoms with E-state index in [4.69, 9.17) is 4.52 Å². The first kappa shape index (κ1) is 10.6. The molecule has 0 spiro atoms. The molecule has 0 aliphatic rings. The Morgan fingerprint density at radius 2 is 2.29 bits per heavy atom. The maximum Gasteiger partial charge on any atom is 0.315 e. The summed E-state index contributed by atoms with van der Waals surface area (Å²) in [5.41, 5.74) is -0.231. The highest BCUT2D eigenvalue weighted by Crippen LogP contribution is 1.98. The predicted octanol–water partition coefficient (Wildman–Crippen LogP) is 1.27. The monoisotopic (exact) mass is 197 g/mol. The molecule has 2 N–H and O–H groups in total. The molecule has 0 saturated carbocycles. The SMILES string of the molecule is CC(C)(C)NC(=O)NCc1ccno1. The van der Waals surface area contributed by atoms with Crippen molar-refractivity contribution in [2.75, 3.05) is 0 Å². The van der Waals surface area contributed by atoms with Crippen LogP contribution in [0.25, 0.3) is 0 Å². The average molecular weight is 197 g/mol. The van der Waals surface area contributed by atoms with E-state index in [1.807, 2.05) is 20.8 Å². The van der Waals surface area contributed by atoms with Crippen LogP contribution < -0.4 is 10.6 Å². The van der Waals surface area contributed by atoms with E-state index in [0.29, 0.717) is 12.3 Å². The summed E-state index contributed by atoms with van der Waals surface area (Å²) in [4.78, 5) is 11.3. The van der Waals surface area contributed by atoms with Gasteiger partial charge in [0.1, 0.15) is 0 Å². The Morgan fingerprint density at radius 3 is 2.79 bits per heavy atom. The zero-order chi connectivity index (χ0) is 10.6. The lowest BCUT2D eigenvalue weighted by Crippen LogP contribution is -2.46. The van der Waals surface area contributed by atoms with Crippen LogP contribution in [0.5, 0.6) is 0 Å². The Kier molecular flexibility index (Phi) is 3.11. The molecule has 0 unspecified atom stereocenters. The van der Waals surface area contributed by atoms with Crippen LogP contribution in [0.2, 0.25) is 0 Å². The molecular weight excluding hydrogens is 182 g/mol. The highest BCUT2D eigenvalue weighted by atomic mass is 16.5. The third-order valence-corrected chi connectivity index (χ3v) is 1.40. The summed E-state index contributed by atoms with van der Waals surface area (Å²) in [5.74, 6) is 0.633. The van der Waals surface area contributed by atoms with Gasteiger partial charge in [-0.15, -0.1) is 0 Å². The van der Waals surface area contributed by atoms with Crippen molar-refractivity contribution >= 4 is 6.03 Å².